The molecule has 0 radical (unpaired) electrons. The van der Waals surface area contributed by atoms with Crippen molar-refractivity contribution in [1.82, 2.24) is 14.5 Å². The smallest absolute Gasteiger partial charge is 0.148 e. The average molecular weight is 360 g/mol. The molecule has 4 aromatic rings. The summed E-state index contributed by atoms with van der Waals surface area (Å²) in [5.74, 6) is 1.68. The summed E-state index contributed by atoms with van der Waals surface area (Å²) < 4.78 is 7.23. The minimum absolute atomic E-state index is 0.0700. The number of carbonyl (C=O) groups excluding carboxylic acids is 1. The molecular weight excluding hydrogens is 340 g/mol. The van der Waals surface area contributed by atoms with E-state index in [1.54, 1.807) is 6.92 Å². The first kappa shape index (κ1) is 17.0. The van der Waals surface area contributed by atoms with Gasteiger partial charge in [0.2, 0.25) is 0 Å². The van der Waals surface area contributed by atoms with Gasteiger partial charge in [0.15, 0.2) is 0 Å². The Morgan fingerprint density at radius 1 is 1.11 bits per heavy atom. The molecule has 1 N–H and O–H groups in total. The molecule has 6 heteroatoms. The molecule has 0 saturated carbocycles. The molecule has 0 amide bonds. The third-order valence-corrected chi connectivity index (χ3v) is 4.52. The van der Waals surface area contributed by atoms with E-state index in [4.69, 9.17) is 9.51 Å². The first-order chi connectivity index (χ1) is 13.0. The Bertz CT molecular complexity index is 1100. The van der Waals surface area contributed by atoms with Crippen LogP contribution >= 0.6 is 0 Å². The quantitative estimate of drug-likeness (QED) is 0.575. The highest BCUT2D eigenvalue weighted by Gasteiger charge is 2.16. The van der Waals surface area contributed by atoms with Crippen LogP contribution in [0.25, 0.3) is 28.0 Å². The molecule has 0 saturated heterocycles. The second kappa shape index (κ2) is 6.72. The number of Topliss-reactive ketones (excluding diaryl/α,β-unsaturated/α-hetero) is 1. The lowest BCUT2D eigenvalue weighted by atomic mass is 10.0. The summed E-state index contributed by atoms with van der Waals surface area (Å²) >= 11 is 0. The maximum Gasteiger partial charge on any atom is 0.148 e. The van der Waals surface area contributed by atoms with Crippen molar-refractivity contribution in [1.29, 1.82) is 0 Å². The van der Waals surface area contributed by atoms with E-state index in [2.05, 4.69) is 10.5 Å². The lowest BCUT2D eigenvalue weighted by Gasteiger charge is -2.08. The third-order valence-electron chi connectivity index (χ3n) is 4.52. The van der Waals surface area contributed by atoms with Crippen LogP contribution in [-0.2, 0) is 4.79 Å². The Balaban J connectivity index is 1.78. The first-order valence-electron chi connectivity index (χ1n) is 8.78. The fraction of sp³-hybridized carbons (Fsp3) is 0.190. The predicted molar refractivity (Wildman–Crippen MR) is 105 cm³/mol. The first-order valence-corrected chi connectivity index (χ1v) is 8.78. The third kappa shape index (κ3) is 3.10. The van der Waals surface area contributed by atoms with Crippen LogP contribution in [0.15, 0.2) is 53.2 Å². The van der Waals surface area contributed by atoms with E-state index in [-0.39, 0.29) is 12.3 Å². The zero-order chi connectivity index (χ0) is 19.0. The Labute approximate surface area is 156 Å². The lowest BCUT2D eigenvalue weighted by molar-refractivity contribution is -0.115. The van der Waals surface area contributed by atoms with Crippen LogP contribution in [0, 0.1) is 13.8 Å². The van der Waals surface area contributed by atoms with Gasteiger partial charge in [-0.15, -0.1) is 0 Å². The highest BCUT2D eigenvalue weighted by Crippen LogP contribution is 2.32. The van der Waals surface area contributed by atoms with Crippen LogP contribution in [0.1, 0.15) is 18.4 Å². The van der Waals surface area contributed by atoms with E-state index in [9.17, 15) is 4.79 Å². The van der Waals surface area contributed by atoms with Gasteiger partial charge in [-0.2, -0.15) is 0 Å². The number of benzene rings is 1. The number of nitrogens with one attached hydrogen (secondary N) is 1. The van der Waals surface area contributed by atoms with Gasteiger partial charge in [0, 0.05) is 17.3 Å². The van der Waals surface area contributed by atoms with Gasteiger partial charge in [-0.25, -0.2) is 4.98 Å². The van der Waals surface area contributed by atoms with Gasteiger partial charge >= 0.3 is 0 Å². The maximum absolute atomic E-state index is 11.5. The molecule has 0 atom stereocenters. The monoisotopic (exact) mass is 360 g/mol. The number of pyridine rings is 1. The van der Waals surface area contributed by atoms with E-state index in [1.165, 1.54) is 0 Å². The van der Waals surface area contributed by atoms with Crippen LogP contribution in [0.4, 0.5) is 5.82 Å². The fourth-order valence-electron chi connectivity index (χ4n) is 3.26. The number of nitrogens with zero attached hydrogens (tertiary/aromatic N) is 3. The number of ketones is 1. The molecule has 0 aliphatic carbocycles. The molecular formula is C21H20N4O2. The van der Waals surface area contributed by atoms with Crippen molar-refractivity contribution in [2.24, 2.45) is 0 Å². The van der Waals surface area contributed by atoms with E-state index in [0.717, 1.165) is 45.3 Å². The van der Waals surface area contributed by atoms with Crippen LogP contribution in [-0.4, -0.2) is 26.9 Å². The molecule has 0 spiro atoms. The summed E-state index contributed by atoms with van der Waals surface area (Å²) in [6.45, 7) is 5.67. The average Bonchev–Trinajstić information content (AvgIpc) is 3.20. The summed E-state index contributed by atoms with van der Waals surface area (Å²) in [5, 5.41) is 7.24. The summed E-state index contributed by atoms with van der Waals surface area (Å²) in [5.41, 5.74) is 5.56. The zero-order valence-electron chi connectivity index (χ0n) is 15.5. The van der Waals surface area contributed by atoms with E-state index < -0.39 is 0 Å². The van der Waals surface area contributed by atoms with Crippen LogP contribution < -0.4 is 5.32 Å². The highest BCUT2D eigenvalue weighted by molar-refractivity contribution is 5.84. The van der Waals surface area contributed by atoms with E-state index in [1.807, 2.05) is 66.9 Å². The topological polar surface area (TPSA) is 72.4 Å². The largest absolute Gasteiger partial charge is 0.362 e. The molecule has 0 unspecified atom stereocenters. The Morgan fingerprint density at radius 3 is 2.52 bits per heavy atom. The molecule has 136 valence electrons. The lowest BCUT2D eigenvalue weighted by Crippen LogP contribution is -2.11. The van der Waals surface area contributed by atoms with Gasteiger partial charge in [0.25, 0.3) is 0 Å². The molecule has 0 fully saturated rings. The number of hydrogen-bond acceptors (Lipinski definition) is 5. The van der Waals surface area contributed by atoms with Crippen LogP contribution in [0.3, 0.4) is 0 Å². The van der Waals surface area contributed by atoms with Gasteiger partial charge in [0.1, 0.15) is 28.7 Å². The molecule has 3 heterocycles. The summed E-state index contributed by atoms with van der Waals surface area (Å²) in [7, 11) is 0. The number of aromatic nitrogens is 3. The van der Waals surface area contributed by atoms with Crippen LogP contribution in [0.2, 0.25) is 0 Å². The molecule has 1 aromatic carbocycles. The van der Waals surface area contributed by atoms with E-state index in [0.29, 0.717) is 0 Å². The van der Waals surface area contributed by atoms with Gasteiger partial charge < -0.3 is 9.84 Å². The van der Waals surface area contributed by atoms with Crippen molar-refractivity contribution in [2.45, 2.75) is 20.8 Å². The Kier molecular flexibility index (Phi) is 4.24. The molecule has 27 heavy (non-hydrogen) atoms. The molecule has 0 bridgehead atoms. The minimum Gasteiger partial charge on any atom is -0.362 e. The number of aryl methyl sites for hydroxylation is 2. The normalized spacial score (nSPS) is 11.1. The van der Waals surface area contributed by atoms with Gasteiger partial charge in [-0.1, -0.05) is 35.5 Å². The number of carbonyl (C=O) groups is 1. The van der Waals surface area contributed by atoms with Crippen molar-refractivity contribution in [3.05, 3.63) is 60.1 Å². The summed E-state index contributed by atoms with van der Waals surface area (Å²) in [6, 6.07) is 14.0. The number of imidazole rings is 1. The Morgan fingerprint density at radius 2 is 1.85 bits per heavy atom. The summed E-state index contributed by atoms with van der Waals surface area (Å²) in [4.78, 5) is 16.2. The molecule has 0 aliphatic heterocycles. The van der Waals surface area contributed by atoms with Gasteiger partial charge in [-0.3, -0.25) is 9.20 Å². The van der Waals surface area contributed by atoms with Crippen molar-refractivity contribution in [3.8, 4) is 22.4 Å². The van der Waals surface area contributed by atoms with E-state index >= 15 is 0 Å². The molecule has 0 aliphatic rings. The fourth-order valence-corrected chi connectivity index (χ4v) is 3.26. The number of rotatable bonds is 5. The SMILES string of the molecule is CC(=O)CNc1c(-c2ccc(-c3c(C)noc3C)cc2)nc2ccccn12. The maximum atomic E-state index is 11.5. The molecule has 4 rings (SSSR count). The Hall–Kier alpha value is -3.41. The predicted octanol–water partition coefficient (Wildman–Crippen LogP) is 4.27. The molecule has 3 aromatic heterocycles. The number of fused-ring (bicyclic) bond motifs is 1. The van der Waals surface area contributed by atoms with Crippen molar-refractivity contribution in [3.63, 3.8) is 0 Å². The van der Waals surface area contributed by atoms with Gasteiger partial charge in [-0.05, 0) is 38.5 Å². The second-order valence-electron chi connectivity index (χ2n) is 6.57. The zero-order valence-corrected chi connectivity index (χ0v) is 15.5. The van der Waals surface area contributed by atoms with Crippen LogP contribution in [0.5, 0.6) is 0 Å². The number of hydrogen-bond donors (Lipinski definition) is 1. The highest BCUT2D eigenvalue weighted by atomic mass is 16.5. The van der Waals surface area contributed by atoms with Crippen molar-refractivity contribution in [2.75, 3.05) is 11.9 Å². The molecule has 6 nitrogen and oxygen atoms in total. The van der Waals surface area contributed by atoms with Crippen molar-refractivity contribution < 1.29 is 9.32 Å². The summed E-state index contributed by atoms with van der Waals surface area (Å²) in [6.07, 6.45) is 1.94. The van der Waals surface area contributed by atoms with Crippen molar-refractivity contribution >= 4 is 17.2 Å². The number of anilines is 1. The second-order valence-corrected chi connectivity index (χ2v) is 6.57. The minimum atomic E-state index is 0.0700. The standard InChI is InChI=1S/C21H20N4O2/c1-13(26)12-22-21-20(23-18-6-4-5-11-25(18)21)17-9-7-16(8-10-17)19-14(2)24-27-15(19)3/h4-11,22H,12H2,1-3H3. The van der Waals surface area contributed by atoms with Gasteiger partial charge in [0.05, 0.1) is 12.2 Å².